The number of carboxylic acid groups (broad SMARTS) is 1. The van der Waals surface area contributed by atoms with E-state index in [1.807, 2.05) is 0 Å². The van der Waals surface area contributed by atoms with Crippen molar-refractivity contribution in [2.45, 2.75) is 12.4 Å². The van der Waals surface area contributed by atoms with E-state index in [1.165, 1.54) is 0 Å². The number of carbonyl (C=O) groups is 1. The number of hydrogen-bond donors (Lipinski definition) is 1. The van der Waals surface area contributed by atoms with Crippen LogP contribution in [0.3, 0.4) is 0 Å². The molecule has 0 aromatic rings. The predicted molar refractivity (Wildman–Crippen MR) is 37.7 cm³/mol. The Morgan fingerprint density at radius 3 is 2.21 bits per heavy atom. The quantitative estimate of drug-likeness (QED) is 0.570. The number of hydrogen-bond acceptors (Lipinski definition) is 4. The van der Waals surface area contributed by atoms with Crippen molar-refractivity contribution >= 4 is 16.1 Å². The van der Waals surface area contributed by atoms with Crippen LogP contribution in [0.25, 0.3) is 0 Å². The van der Waals surface area contributed by atoms with Crippen LogP contribution in [0.4, 0.5) is 13.2 Å². The lowest BCUT2D eigenvalue weighted by Gasteiger charge is -2.09. The van der Waals surface area contributed by atoms with Gasteiger partial charge in [0.15, 0.2) is 0 Å². The monoisotopic (exact) mass is 236 g/mol. The Balaban J connectivity index is 4.36. The summed E-state index contributed by atoms with van der Waals surface area (Å²) in [4.78, 5) is 10.1. The lowest BCUT2D eigenvalue weighted by Crippen LogP contribution is -2.28. The van der Waals surface area contributed by atoms with Gasteiger partial charge in [-0.2, -0.15) is 21.6 Å². The van der Waals surface area contributed by atoms with Gasteiger partial charge in [-0.1, -0.05) is 0 Å². The van der Waals surface area contributed by atoms with E-state index >= 15 is 0 Å². The lowest BCUT2D eigenvalue weighted by atomic mass is 10.2. The van der Waals surface area contributed by atoms with Crippen LogP contribution in [0.5, 0.6) is 0 Å². The average Bonchev–Trinajstić information content (AvgIpc) is 1.97. The van der Waals surface area contributed by atoms with Gasteiger partial charge in [0.25, 0.3) is 0 Å². The smallest absolute Gasteiger partial charge is 0.481 e. The summed E-state index contributed by atoms with van der Waals surface area (Å²) < 4.78 is 58.8. The first-order valence-electron chi connectivity index (χ1n) is 3.26. The highest BCUT2D eigenvalue weighted by atomic mass is 32.2. The minimum Gasteiger partial charge on any atom is -0.481 e. The maximum absolute atomic E-state index is 11.6. The van der Waals surface area contributed by atoms with Crippen molar-refractivity contribution < 1.29 is 35.7 Å². The van der Waals surface area contributed by atoms with Crippen molar-refractivity contribution in [1.82, 2.24) is 0 Å². The summed E-state index contributed by atoms with van der Waals surface area (Å²) in [6, 6.07) is 0. The molecule has 0 aromatic carbocycles. The minimum atomic E-state index is -5.69. The molecular formula is C5H7F3O5S. The van der Waals surface area contributed by atoms with Crippen molar-refractivity contribution in [3.05, 3.63) is 0 Å². The van der Waals surface area contributed by atoms with Crippen LogP contribution in [0.2, 0.25) is 0 Å². The molecule has 0 aliphatic carbocycles. The van der Waals surface area contributed by atoms with E-state index in [9.17, 15) is 26.4 Å². The second-order valence-corrected chi connectivity index (χ2v) is 4.03. The molecule has 0 radical (unpaired) electrons. The Labute approximate surface area is 77.6 Å². The van der Waals surface area contributed by atoms with Gasteiger partial charge >= 0.3 is 21.6 Å². The Morgan fingerprint density at radius 2 is 1.93 bits per heavy atom. The largest absolute Gasteiger partial charge is 0.523 e. The molecule has 5 nitrogen and oxygen atoms in total. The van der Waals surface area contributed by atoms with Gasteiger partial charge in [0.05, 0.1) is 12.5 Å². The van der Waals surface area contributed by atoms with Crippen molar-refractivity contribution in [3.63, 3.8) is 0 Å². The highest BCUT2D eigenvalue weighted by molar-refractivity contribution is 7.87. The van der Waals surface area contributed by atoms with E-state index in [0.29, 0.717) is 0 Å². The maximum atomic E-state index is 11.6. The minimum absolute atomic E-state index is 1.02. The molecule has 0 saturated carbocycles. The van der Waals surface area contributed by atoms with Crippen molar-refractivity contribution in [2.24, 2.45) is 5.92 Å². The fraction of sp³-hybridized carbons (Fsp3) is 0.800. The molecule has 14 heavy (non-hydrogen) atoms. The zero-order valence-corrected chi connectivity index (χ0v) is 7.72. The van der Waals surface area contributed by atoms with Gasteiger partial charge < -0.3 is 5.11 Å². The van der Waals surface area contributed by atoms with Gasteiger partial charge in [-0.05, 0) is 6.92 Å². The summed E-state index contributed by atoms with van der Waals surface area (Å²) in [7, 11) is -5.69. The molecule has 0 aliphatic rings. The standard InChI is InChI=1S/C5H7F3O5S/c1-3(4(9)10)2-13-14(11,12)5(6,7)8/h3H,2H2,1H3,(H,9,10)/t3-/m0/s1. The summed E-state index contributed by atoms with van der Waals surface area (Å²) in [6.45, 7) is -0.0224. The Morgan fingerprint density at radius 1 is 1.50 bits per heavy atom. The van der Waals surface area contributed by atoms with Crippen LogP contribution in [-0.4, -0.2) is 31.6 Å². The van der Waals surface area contributed by atoms with E-state index in [2.05, 4.69) is 4.18 Å². The first-order chi connectivity index (χ1) is 6.08. The fourth-order valence-corrected chi connectivity index (χ4v) is 0.847. The molecule has 0 saturated heterocycles. The molecule has 0 heterocycles. The molecule has 0 bridgehead atoms. The third-order valence-corrected chi connectivity index (χ3v) is 2.19. The fourth-order valence-electron chi connectivity index (χ4n) is 0.330. The van der Waals surface area contributed by atoms with E-state index in [1.54, 1.807) is 0 Å². The van der Waals surface area contributed by atoms with Gasteiger partial charge in [-0.3, -0.25) is 8.98 Å². The number of alkyl halides is 3. The molecule has 0 aliphatic heterocycles. The van der Waals surface area contributed by atoms with E-state index in [-0.39, 0.29) is 0 Å². The van der Waals surface area contributed by atoms with Gasteiger partial charge in [-0.25, -0.2) is 0 Å². The molecule has 1 N–H and O–H groups in total. The summed E-state index contributed by atoms with van der Waals surface area (Å²) in [5.74, 6) is -2.77. The van der Waals surface area contributed by atoms with Gasteiger partial charge in [-0.15, -0.1) is 0 Å². The third-order valence-electron chi connectivity index (χ3n) is 1.18. The van der Waals surface area contributed by atoms with E-state index in [0.717, 1.165) is 6.92 Å². The highest BCUT2D eigenvalue weighted by Gasteiger charge is 2.47. The van der Waals surface area contributed by atoms with Gasteiger partial charge in [0.2, 0.25) is 0 Å². The molecule has 1 atom stereocenters. The third kappa shape index (κ3) is 3.50. The van der Waals surface area contributed by atoms with Gasteiger partial charge in [0.1, 0.15) is 0 Å². The van der Waals surface area contributed by atoms with Crippen LogP contribution >= 0.6 is 0 Å². The summed E-state index contributed by atoms with van der Waals surface area (Å²) in [6.07, 6.45) is 0. The molecule has 0 rings (SSSR count). The first-order valence-corrected chi connectivity index (χ1v) is 4.67. The SMILES string of the molecule is C[C@@H](COS(=O)(=O)C(F)(F)F)C(=O)O. The average molecular weight is 236 g/mol. The second-order valence-electron chi connectivity index (χ2n) is 2.42. The normalized spacial score (nSPS) is 15.1. The molecule has 0 aromatic heterocycles. The molecule has 84 valence electrons. The highest BCUT2D eigenvalue weighted by Crippen LogP contribution is 2.24. The van der Waals surface area contributed by atoms with Crippen LogP contribution in [0.1, 0.15) is 6.92 Å². The van der Waals surface area contributed by atoms with Crippen molar-refractivity contribution in [1.29, 1.82) is 0 Å². The maximum Gasteiger partial charge on any atom is 0.523 e. The Hall–Kier alpha value is -0.830. The van der Waals surface area contributed by atoms with E-state index in [4.69, 9.17) is 5.11 Å². The van der Waals surface area contributed by atoms with E-state index < -0.39 is 34.1 Å². The first kappa shape index (κ1) is 13.2. The van der Waals surface area contributed by atoms with Crippen LogP contribution in [0, 0.1) is 5.92 Å². The van der Waals surface area contributed by atoms with Crippen molar-refractivity contribution in [3.8, 4) is 0 Å². The summed E-state index contributed by atoms with van der Waals surface area (Å²) in [5.41, 5.74) is -5.52. The molecule has 0 spiro atoms. The van der Waals surface area contributed by atoms with Gasteiger partial charge in [0, 0.05) is 0 Å². The molecule has 0 unspecified atom stereocenters. The topological polar surface area (TPSA) is 80.7 Å². The summed E-state index contributed by atoms with van der Waals surface area (Å²) in [5, 5.41) is 8.23. The number of halogens is 3. The molecule has 9 heteroatoms. The lowest BCUT2D eigenvalue weighted by molar-refractivity contribution is -0.142. The molecule has 0 amide bonds. The molecule has 0 fully saturated rings. The molecular weight excluding hydrogens is 229 g/mol. The van der Waals surface area contributed by atoms with Crippen LogP contribution in [0.15, 0.2) is 0 Å². The number of rotatable bonds is 4. The predicted octanol–water partition coefficient (Wildman–Crippen LogP) is 0.573. The zero-order chi connectivity index (χ0) is 11.6. The zero-order valence-electron chi connectivity index (χ0n) is 6.91. The van der Waals surface area contributed by atoms with Crippen LogP contribution < -0.4 is 0 Å². The van der Waals surface area contributed by atoms with Crippen molar-refractivity contribution in [2.75, 3.05) is 6.61 Å². The second kappa shape index (κ2) is 4.13. The number of aliphatic carboxylic acids is 1. The summed E-state index contributed by atoms with van der Waals surface area (Å²) >= 11 is 0. The van der Waals surface area contributed by atoms with Crippen LogP contribution in [-0.2, 0) is 19.1 Å². The Kier molecular flexibility index (Phi) is 3.89. The number of carboxylic acids is 1. The Bertz CT molecular complexity index is 306.